The monoisotopic (exact) mass is 374 g/mol. The Bertz CT molecular complexity index is 994. The molecular formula is C19H19FN2O3S. The summed E-state index contributed by atoms with van der Waals surface area (Å²) in [4.78, 5) is 0.124. The van der Waals surface area contributed by atoms with Crippen LogP contribution in [0.15, 0.2) is 59.5 Å². The first-order valence-corrected chi connectivity index (χ1v) is 9.52. The molecule has 0 unspecified atom stereocenters. The fraction of sp³-hybridized carbons (Fsp3) is 0.211. The van der Waals surface area contributed by atoms with E-state index >= 15 is 0 Å². The van der Waals surface area contributed by atoms with Crippen LogP contribution >= 0.6 is 0 Å². The van der Waals surface area contributed by atoms with Gasteiger partial charge in [-0.25, -0.2) is 4.39 Å². The summed E-state index contributed by atoms with van der Waals surface area (Å²) in [7, 11) is -3.81. The van der Waals surface area contributed by atoms with Crippen LogP contribution in [0.25, 0.3) is 11.3 Å². The smallest absolute Gasteiger partial charge is 0.264 e. The van der Waals surface area contributed by atoms with Crippen LogP contribution < -0.4 is 0 Å². The molecule has 3 rings (SSSR count). The van der Waals surface area contributed by atoms with Crippen LogP contribution in [0.1, 0.15) is 11.3 Å². The minimum absolute atomic E-state index is 0.0501. The third kappa shape index (κ3) is 4.17. The molecule has 0 aliphatic rings. The number of aryl methyl sites for hydroxylation is 2. The summed E-state index contributed by atoms with van der Waals surface area (Å²) >= 11 is 0. The predicted molar refractivity (Wildman–Crippen MR) is 96.7 cm³/mol. The van der Waals surface area contributed by atoms with Gasteiger partial charge in [0.2, 0.25) is 0 Å². The molecule has 0 spiro atoms. The summed E-state index contributed by atoms with van der Waals surface area (Å²) in [5.41, 5.74) is 3.33. The second-order valence-electron chi connectivity index (χ2n) is 5.99. The predicted octanol–water partition coefficient (Wildman–Crippen LogP) is 3.71. The second kappa shape index (κ2) is 7.39. The van der Waals surface area contributed by atoms with Crippen LogP contribution in [-0.4, -0.2) is 24.8 Å². The van der Waals surface area contributed by atoms with Crippen LogP contribution in [0.2, 0.25) is 0 Å². The maximum absolute atomic E-state index is 13.1. The largest absolute Gasteiger partial charge is 0.297 e. The fourth-order valence-corrected chi connectivity index (χ4v) is 3.47. The van der Waals surface area contributed by atoms with E-state index in [2.05, 4.69) is 5.10 Å². The molecule has 0 N–H and O–H groups in total. The molecule has 0 saturated heterocycles. The number of hydrogen-bond acceptors (Lipinski definition) is 4. The van der Waals surface area contributed by atoms with Gasteiger partial charge in [-0.15, -0.1) is 0 Å². The average Bonchev–Trinajstić information content (AvgIpc) is 2.96. The van der Waals surface area contributed by atoms with Gasteiger partial charge in [0, 0.05) is 0 Å². The maximum Gasteiger partial charge on any atom is 0.297 e. The van der Waals surface area contributed by atoms with Gasteiger partial charge in [-0.3, -0.25) is 8.86 Å². The number of halogens is 1. The first-order valence-electron chi connectivity index (χ1n) is 8.12. The summed E-state index contributed by atoms with van der Waals surface area (Å²) in [6.07, 6.45) is 0. The SMILES string of the molecule is Cc1ccc(S(=O)(=O)OCCn2nc(C)cc2-c2ccc(F)cc2)cc1. The molecule has 0 aliphatic carbocycles. The van der Waals surface area contributed by atoms with E-state index in [1.165, 1.54) is 24.3 Å². The first-order chi connectivity index (χ1) is 12.3. The molecule has 136 valence electrons. The Labute approximate surface area is 152 Å². The molecule has 0 saturated carbocycles. The lowest BCUT2D eigenvalue weighted by molar-refractivity contribution is 0.295. The zero-order valence-electron chi connectivity index (χ0n) is 14.5. The molecule has 1 heterocycles. The molecule has 5 nitrogen and oxygen atoms in total. The summed E-state index contributed by atoms with van der Waals surface area (Å²) in [5.74, 6) is -0.316. The van der Waals surface area contributed by atoms with E-state index in [-0.39, 0.29) is 23.9 Å². The Morgan fingerprint density at radius 1 is 1.04 bits per heavy atom. The summed E-state index contributed by atoms with van der Waals surface area (Å²) in [5, 5.41) is 4.36. The van der Waals surface area contributed by atoms with Gasteiger partial charge in [-0.05, 0) is 61.9 Å². The minimum atomic E-state index is -3.81. The average molecular weight is 374 g/mol. The third-order valence-corrected chi connectivity index (χ3v) is 5.22. The molecule has 26 heavy (non-hydrogen) atoms. The van der Waals surface area contributed by atoms with Gasteiger partial charge in [-0.2, -0.15) is 13.5 Å². The number of rotatable bonds is 6. The van der Waals surface area contributed by atoms with Crippen LogP contribution in [0.3, 0.4) is 0 Å². The Hall–Kier alpha value is -2.51. The van der Waals surface area contributed by atoms with E-state index in [4.69, 9.17) is 4.18 Å². The van der Waals surface area contributed by atoms with Crippen molar-refractivity contribution in [1.82, 2.24) is 9.78 Å². The van der Waals surface area contributed by atoms with Gasteiger partial charge in [0.1, 0.15) is 5.82 Å². The molecular weight excluding hydrogens is 355 g/mol. The molecule has 2 aromatic carbocycles. The van der Waals surface area contributed by atoms with Crippen molar-refractivity contribution < 1.29 is 17.0 Å². The van der Waals surface area contributed by atoms with Gasteiger partial charge in [0.25, 0.3) is 10.1 Å². The van der Waals surface area contributed by atoms with E-state index in [0.717, 1.165) is 22.5 Å². The van der Waals surface area contributed by atoms with Crippen molar-refractivity contribution in [3.05, 3.63) is 71.7 Å². The van der Waals surface area contributed by atoms with Crippen molar-refractivity contribution in [2.75, 3.05) is 6.61 Å². The number of aromatic nitrogens is 2. The summed E-state index contributed by atoms with van der Waals surface area (Å²) < 4.78 is 44.4. The van der Waals surface area contributed by atoms with E-state index in [1.807, 2.05) is 19.9 Å². The lowest BCUT2D eigenvalue weighted by Crippen LogP contribution is -2.13. The molecule has 1 aromatic heterocycles. The van der Waals surface area contributed by atoms with Crippen molar-refractivity contribution in [3.8, 4) is 11.3 Å². The van der Waals surface area contributed by atoms with E-state index in [9.17, 15) is 12.8 Å². The summed E-state index contributed by atoms with van der Waals surface area (Å²) in [6, 6.07) is 14.4. The zero-order valence-corrected chi connectivity index (χ0v) is 15.3. The van der Waals surface area contributed by atoms with E-state index in [1.54, 1.807) is 28.9 Å². The highest BCUT2D eigenvalue weighted by atomic mass is 32.2. The quantitative estimate of drug-likeness (QED) is 0.617. The van der Waals surface area contributed by atoms with Gasteiger partial charge in [0.15, 0.2) is 0 Å². The lowest BCUT2D eigenvalue weighted by atomic mass is 10.1. The van der Waals surface area contributed by atoms with Gasteiger partial charge < -0.3 is 0 Å². The fourth-order valence-electron chi connectivity index (χ4n) is 2.58. The number of hydrogen-bond donors (Lipinski definition) is 0. The highest BCUT2D eigenvalue weighted by Crippen LogP contribution is 2.21. The van der Waals surface area contributed by atoms with Crippen molar-refractivity contribution in [2.24, 2.45) is 0 Å². The maximum atomic E-state index is 13.1. The van der Waals surface area contributed by atoms with Crippen LogP contribution in [-0.2, 0) is 20.8 Å². The zero-order chi connectivity index (χ0) is 18.7. The topological polar surface area (TPSA) is 61.2 Å². The number of nitrogens with zero attached hydrogens (tertiary/aromatic N) is 2. The molecule has 0 atom stereocenters. The standard InChI is InChI=1S/C19H19FN2O3S/c1-14-3-9-18(10-4-14)26(23,24)25-12-11-22-19(13-15(2)21-22)16-5-7-17(20)8-6-16/h3-10,13H,11-12H2,1-2H3. The highest BCUT2D eigenvalue weighted by Gasteiger charge is 2.15. The van der Waals surface area contributed by atoms with Gasteiger partial charge in [0.05, 0.1) is 29.4 Å². The van der Waals surface area contributed by atoms with Crippen LogP contribution in [0.4, 0.5) is 4.39 Å². The normalized spacial score (nSPS) is 11.7. The second-order valence-corrected chi connectivity index (χ2v) is 7.61. The molecule has 0 aliphatic heterocycles. The van der Waals surface area contributed by atoms with E-state index < -0.39 is 10.1 Å². The van der Waals surface area contributed by atoms with Crippen molar-refractivity contribution in [1.29, 1.82) is 0 Å². The van der Waals surface area contributed by atoms with Crippen molar-refractivity contribution in [3.63, 3.8) is 0 Å². The first kappa shape index (κ1) is 18.3. The molecule has 0 amide bonds. The van der Waals surface area contributed by atoms with Crippen molar-refractivity contribution in [2.45, 2.75) is 25.3 Å². The Morgan fingerprint density at radius 3 is 2.35 bits per heavy atom. The molecule has 7 heteroatoms. The van der Waals surface area contributed by atoms with Gasteiger partial charge >= 0.3 is 0 Å². The molecule has 0 radical (unpaired) electrons. The summed E-state index contributed by atoms with van der Waals surface area (Å²) in [6.45, 7) is 3.93. The van der Waals surface area contributed by atoms with Crippen LogP contribution in [0, 0.1) is 19.7 Å². The molecule has 0 fully saturated rings. The minimum Gasteiger partial charge on any atom is -0.264 e. The Morgan fingerprint density at radius 2 is 1.69 bits per heavy atom. The van der Waals surface area contributed by atoms with E-state index in [0.29, 0.717) is 0 Å². The Balaban J connectivity index is 1.72. The van der Waals surface area contributed by atoms with Gasteiger partial charge in [-0.1, -0.05) is 17.7 Å². The molecule has 3 aromatic rings. The number of benzene rings is 2. The Kier molecular flexibility index (Phi) is 5.20. The lowest BCUT2D eigenvalue weighted by Gasteiger charge is -2.09. The molecule has 0 bridgehead atoms. The van der Waals surface area contributed by atoms with Crippen molar-refractivity contribution >= 4 is 10.1 Å². The van der Waals surface area contributed by atoms with Crippen LogP contribution in [0.5, 0.6) is 0 Å². The highest BCUT2D eigenvalue weighted by molar-refractivity contribution is 7.86. The third-order valence-electron chi connectivity index (χ3n) is 3.89.